The highest BCUT2D eigenvalue weighted by Gasteiger charge is 2.26. The van der Waals surface area contributed by atoms with Gasteiger partial charge in [-0.15, -0.1) is 11.8 Å². The number of nitrogens with zero attached hydrogens (tertiary/aromatic N) is 1. The maximum absolute atomic E-state index is 13.0. The van der Waals surface area contributed by atoms with Gasteiger partial charge in [-0.05, 0) is 55.3 Å². The molecule has 0 aliphatic rings. The van der Waals surface area contributed by atoms with Crippen LogP contribution in [0.2, 0.25) is 5.02 Å². The molecule has 2 rings (SSSR count). The van der Waals surface area contributed by atoms with Crippen molar-refractivity contribution in [3.8, 4) is 0 Å². The Bertz CT molecular complexity index is 801. The van der Waals surface area contributed by atoms with Crippen LogP contribution in [0.15, 0.2) is 57.9 Å². The maximum atomic E-state index is 13.0. The SMILES string of the molecule is CCCNC(=O)[C@@H](C)N(Cc1cccc(Br)c1)C(=O)CSc1ccc(Cl)cc1. The van der Waals surface area contributed by atoms with Crippen molar-refractivity contribution >= 4 is 51.1 Å². The second-order valence-electron chi connectivity index (χ2n) is 6.36. The Hall–Kier alpha value is -1.50. The van der Waals surface area contributed by atoms with Crippen LogP contribution in [-0.4, -0.2) is 35.1 Å². The number of hydrogen-bond acceptors (Lipinski definition) is 3. The van der Waals surface area contributed by atoms with Crippen molar-refractivity contribution in [2.24, 2.45) is 0 Å². The van der Waals surface area contributed by atoms with Crippen molar-refractivity contribution in [1.29, 1.82) is 0 Å². The predicted molar refractivity (Wildman–Crippen MR) is 120 cm³/mol. The Morgan fingerprint density at radius 1 is 1.21 bits per heavy atom. The predicted octanol–water partition coefficient (Wildman–Crippen LogP) is 5.14. The molecule has 28 heavy (non-hydrogen) atoms. The fourth-order valence-corrected chi connectivity index (χ4v) is 3.93. The lowest BCUT2D eigenvalue weighted by atomic mass is 10.1. The number of nitrogens with one attached hydrogen (secondary N) is 1. The molecule has 0 unspecified atom stereocenters. The van der Waals surface area contributed by atoms with Crippen molar-refractivity contribution in [2.75, 3.05) is 12.3 Å². The molecule has 4 nitrogen and oxygen atoms in total. The molecule has 0 bridgehead atoms. The quantitative estimate of drug-likeness (QED) is 0.503. The Kier molecular flexibility index (Phi) is 9.35. The van der Waals surface area contributed by atoms with Gasteiger partial charge in [0.2, 0.25) is 11.8 Å². The van der Waals surface area contributed by atoms with Gasteiger partial charge in [0.15, 0.2) is 0 Å². The molecule has 0 aromatic heterocycles. The third kappa shape index (κ3) is 7.15. The lowest BCUT2D eigenvalue weighted by molar-refractivity contribution is -0.138. The van der Waals surface area contributed by atoms with Gasteiger partial charge in [0.1, 0.15) is 6.04 Å². The first-order valence-electron chi connectivity index (χ1n) is 9.10. The molecule has 2 aromatic rings. The Morgan fingerprint density at radius 2 is 1.93 bits per heavy atom. The second-order valence-corrected chi connectivity index (χ2v) is 8.76. The average molecular weight is 484 g/mol. The van der Waals surface area contributed by atoms with Crippen LogP contribution in [0.4, 0.5) is 0 Å². The van der Waals surface area contributed by atoms with E-state index in [1.165, 1.54) is 11.8 Å². The summed E-state index contributed by atoms with van der Waals surface area (Å²) in [5.41, 5.74) is 0.967. The summed E-state index contributed by atoms with van der Waals surface area (Å²) in [4.78, 5) is 28.1. The minimum atomic E-state index is -0.552. The molecule has 150 valence electrons. The number of carbonyl (C=O) groups is 2. The van der Waals surface area contributed by atoms with Crippen LogP contribution in [0, 0.1) is 0 Å². The van der Waals surface area contributed by atoms with Gasteiger partial charge in [0.25, 0.3) is 0 Å². The summed E-state index contributed by atoms with van der Waals surface area (Å²) >= 11 is 10.8. The largest absolute Gasteiger partial charge is 0.354 e. The third-order valence-electron chi connectivity index (χ3n) is 4.13. The lowest BCUT2D eigenvalue weighted by Crippen LogP contribution is -2.48. The zero-order valence-electron chi connectivity index (χ0n) is 16.0. The summed E-state index contributed by atoms with van der Waals surface area (Å²) < 4.78 is 0.941. The standard InChI is InChI=1S/C21H24BrClN2O2S/c1-3-11-24-21(27)15(2)25(13-16-5-4-6-17(22)12-16)20(26)14-28-19-9-7-18(23)8-10-19/h4-10,12,15H,3,11,13-14H2,1-2H3,(H,24,27)/t15-/m1/s1. The van der Waals surface area contributed by atoms with Gasteiger partial charge in [-0.1, -0.05) is 46.6 Å². The Balaban J connectivity index is 2.12. The highest BCUT2D eigenvalue weighted by atomic mass is 79.9. The van der Waals surface area contributed by atoms with E-state index in [0.717, 1.165) is 21.4 Å². The van der Waals surface area contributed by atoms with Crippen molar-refractivity contribution in [3.63, 3.8) is 0 Å². The summed E-state index contributed by atoms with van der Waals surface area (Å²) in [7, 11) is 0. The normalized spacial score (nSPS) is 11.7. The van der Waals surface area contributed by atoms with Gasteiger partial charge in [-0.25, -0.2) is 0 Å². The topological polar surface area (TPSA) is 49.4 Å². The molecular formula is C21H24BrClN2O2S. The second kappa shape index (κ2) is 11.5. The fraction of sp³-hybridized carbons (Fsp3) is 0.333. The number of amides is 2. The van der Waals surface area contributed by atoms with Gasteiger partial charge < -0.3 is 10.2 Å². The smallest absolute Gasteiger partial charge is 0.242 e. The Labute approximate surface area is 184 Å². The van der Waals surface area contributed by atoms with Crippen LogP contribution in [0.1, 0.15) is 25.8 Å². The van der Waals surface area contributed by atoms with Crippen LogP contribution in [0.3, 0.4) is 0 Å². The first-order chi connectivity index (χ1) is 13.4. The minimum Gasteiger partial charge on any atom is -0.354 e. The molecule has 0 spiro atoms. The zero-order chi connectivity index (χ0) is 20.5. The molecule has 0 saturated carbocycles. The summed E-state index contributed by atoms with van der Waals surface area (Å²) in [6.45, 7) is 4.74. The summed E-state index contributed by atoms with van der Waals surface area (Å²) in [6, 6.07) is 14.6. The summed E-state index contributed by atoms with van der Waals surface area (Å²) in [6.07, 6.45) is 0.852. The molecule has 0 aliphatic heterocycles. The first-order valence-corrected chi connectivity index (χ1v) is 11.3. The zero-order valence-corrected chi connectivity index (χ0v) is 19.1. The van der Waals surface area contributed by atoms with Crippen LogP contribution in [0.5, 0.6) is 0 Å². The molecule has 0 fully saturated rings. The number of carbonyl (C=O) groups excluding carboxylic acids is 2. The van der Waals surface area contributed by atoms with E-state index in [0.29, 0.717) is 18.1 Å². The molecule has 7 heteroatoms. The monoisotopic (exact) mass is 482 g/mol. The van der Waals surface area contributed by atoms with Crippen molar-refractivity contribution in [3.05, 3.63) is 63.6 Å². The van der Waals surface area contributed by atoms with E-state index in [1.54, 1.807) is 24.0 Å². The van der Waals surface area contributed by atoms with Gasteiger partial charge in [-0.3, -0.25) is 9.59 Å². The van der Waals surface area contributed by atoms with Crippen molar-refractivity contribution < 1.29 is 9.59 Å². The molecule has 0 radical (unpaired) electrons. The van der Waals surface area contributed by atoms with E-state index >= 15 is 0 Å². The van der Waals surface area contributed by atoms with E-state index < -0.39 is 6.04 Å². The number of hydrogen-bond donors (Lipinski definition) is 1. The lowest BCUT2D eigenvalue weighted by Gasteiger charge is -2.28. The molecule has 2 aromatic carbocycles. The molecule has 0 saturated heterocycles. The number of thioether (sulfide) groups is 1. The highest BCUT2D eigenvalue weighted by Crippen LogP contribution is 2.22. The van der Waals surface area contributed by atoms with Gasteiger partial charge >= 0.3 is 0 Å². The molecule has 0 aliphatic carbocycles. The molecule has 0 heterocycles. The molecular weight excluding hydrogens is 460 g/mol. The van der Waals surface area contributed by atoms with Gasteiger partial charge in [0, 0.05) is 27.5 Å². The summed E-state index contributed by atoms with van der Waals surface area (Å²) in [5, 5.41) is 3.54. The van der Waals surface area contributed by atoms with Gasteiger partial charge in [-0.2, -0.15) is 0 Å². The van der Waals surface area contributed by atoms with Crippen LogP contribution < -0.4 is 5.32 Å². The minimum absolute atomic E-state index is 0.0842. The van der Waals surface area contributed by atoms with E-state index in [-0.39, 0.29) is 17.6 Å². The maximum Gasteiger partial charge on any atom is 0.242 e. The summed E-state index contributed by atoms with van der Waals surface area (Å²) in [5.74, 6) is 0.0295. The first kappa shape index (κ1) is 22.8. The average Bonchev–Trinajstić information content (AvgIpc) is 2.69. The van der Waals surface area contributed by atoms with E-state index in [1.807, 2.05) is 43.3 Å². The van der Waals surface area contributed by atoms with E-state index in [4.69, 9.17) is 11.6 Å². The van der Waals surface area contributed by atoms with E-state index in [9.17, 15) is 9.59 Å². The molecule has 1 N–H and O–H groups in total. The van der Waals surface area contributed by atoms with Crippen LogP contribution in [-0.2, 0) is 16.1 Å². The fourth-order valence-electron chi connectivity index (χ4n) is 2.57. The number of rotatable bonds is 9. The molecule has 2 amide bonds. The molecule has 1 atom stereocenters. The highest BCUT2D eigenvalue weighted by molar-refractivity contribution is 9.10. The third-order valence-corrected chi connectivity index (χ3v) is 5.88. The van der Waals surface area contributed by atoms with E-state index in [2.05, 4.69) is 21.2 Å². The Morgan fingerprint density at radius 3 is 2.57 bits per heavy atom. The van der Waals surface area contributed by atoms with Crippen LogP contribution in [0.25, 0.3) is 0 Å². The number of halogens is 2. The van der Waals surface area contributed by atoms with Crippen LogP contribution >= 0.6 is 39.3 Å². The van der Waals surface area contributed by atoms with Crippen molar-refractivity contribution in [2.45, 2.75) is 37.8 Å². The van der Waals surface area contributed by atoms with Crippen molar-refractivity contribution in [1.82, 2.24) is 10.2 Å². The van der Waals surface area contributed by atoms with Gasteiger partial charge in [0.05, 0.1) is 5.75 Å². The number of benzene rings is 2.